The maximum atomic E-state index is 12.3. The van der Waals surface area contributed by atoms with Crippen molar-refractivity contribution in [3.8, 4) is 0 Å². The molecule has 0 aliphatic carbocycles. The lowest BCUT2D eigenvalue weighted by Crippen LogP contribution is -2.41. The monoisotopic (exact) mass is 262 g/mol. The van der Waals surface area contributed by atoms with Gasteiger partial charge in [0.25, 0.3) is 0 Å². The molecule has 0 saturated heterocycles. The van der Waals surface area contributed by atoms with Gasteiger partial charge in [0.1, 0.15) is 0 Å². The number of hydrogen-bond donors (Lipinski definition) is 1. The zero-order valence-corrected chi connectivity index (χ0v) is 11.5. The second kappa shape index (κ2) is 6.68. The third-order valence-corrected chi connectivity index (χ3v) is 3.47. The number of fused-ring (bicyclic) bond motifs is 1. The smallest absolute Gasteiger partial charge is 0.227 e. The van der Waals surface area contributed by atoms with Crippen LogP contribution in [0.2, 0.25) is 0 Å². The molecular formula is C15H22N2O2. The van der Waals surface area contributed by atoms with E-state index in [1.165, 1.54) is 5.56 Å². The molecule has 0 spiro atoms. The second-order valence-electron chi connectivity index (χ2n) is 4.80. The van der Waals surface area contributed by atoms with Gasteiger partial charge in [0.15, 0.2) is 0 Å². The zero-order chi connectivity index (χ0) is 13.7. The Morgan fingerprint density at radius 3 is 2.89 bits per heavy atom. The normalized spacial score (nSPS) is 16.9. The van der Waals surface area contributed by atoms with E-state index in [4.69, 9.17) is 10.5 Å². The summed E-state index contributed by atoms with van der Waals surface area (Å²) in [6.07, 6.45) is 2.37. The summed E-state index contributed by atoms with van der Waals surface area (Å²) in [7, 11) is 0. The zero-order valence-electron chi connectivity index (χ0n) is 11.5. The molecule has 0 bridgehead atoms. The number of nitrogens with two attached hydrogens (primary N) is 1. The molecule has 19 heavy (non-hydrogen) atoms. The van der Waals surface area contributed by atoms with Gasteiger partial charge in [-0.25, -0.2) is 0 Å². The SMILES string of the molecule is CCOC(CN)CN1C(=O)CCCc2ccccc21. The van der Waals surface area contributed by atoms with Gasteiger partial charge in [-0.3, -0.25) is 4.79 Å². The lowest BCUT2D eigenvalue weighted by molar-refractivity contribution is -0.119. The van der Waals surface area contributed by atoms with Crippen LogP contribution in [0, 0.1) is 0 Å². The number of carbonyl (C=O) groups is 1. The molecule has 1 aliphatic heterocycles. The average molecular weight is 262 g/mol. The van der Waals surface area contributed by atoms with Crippen LogP contribution in [0.15, 0.2) is 24.3 Å². The van der Waals surface area contributed by atoms with Gasteiger partial charge in [-0.15, -0.1) is 0 Å². The van der Waals surface area contributed by atoms with E-state index < -0.39 is 0 Å². The van der Waals surface area contributed by atoms with Gasteiger partial charge in [-0.05, 0) is 31.4 Å². The second-order valence-corrected chi connectivity index (χ2v) is 4.80. The van der Waals surface area contributed by atoms with Crippen LogP contribution in [0.5, 0.6) is 0 Å². The van der Waals surface area contributed by atoms with Crippen LogP contribution in [0.3, 0.4) is 0 Å². The number of hydrogen-bond acceptors (Lipinski definition) is 3. The van der Waals surface area contributed by atoms with Crippen LogP contribution in [0.4, 0.5) is 5.69 Å². The lowest BCUT2D eigenvalue weighted by Gasteiger charge is -2.27. The van der Waals surface area contributed by atoms with E-state index in [1.54, 1.807) is 0 Å². The molecule has 1 aromatic carbocycles. The molecule has 1 heterocycles. The van der Waals surface area contributed by atoms with Crippen LogP contribution < -0.4 is 10.6 Å². The van der Waals surface area contributed by atoms with Gasteiger partial charge in [0, 0.05) is 25.3 Å². The van der Waals surface area contributed by atoms with Gasteiger partial charge >= 0.3 is 0 Å². The molecule has 1 aliphatic rings. The largest absolute Gasteiger partial charge is 0.375 e. The van der Waals surface area contributed by atoms with Crippen molar-refractivity contribution in [1.82, 2.24) is 0 Å². The van der Waals surface area contributed by atoms with Crippen molar-refractivity contribution >= 4 is 11.6 Å². The molecule has 0 aromatic heterocycles. The van der Waals surface area contributed by atoms with Crippen molar-refractivity contribution in [2.24, 2.45) is 5.73 Å². The third-order valence-electron chi connectivity index (χ3n) is 3.47. The number of ether oxygens (including phenoxy) is 1. The molecular weight excluding hydrogens is 240 g/mol. The summed E-state index contributed by atoms with van der Waals surface area (Å²) in [5, 5.41) is 0. The first-order chi connectivity index (χ1) is 9.26. The first-order valence-corrected chi connectivity index (χ1v) is 6.96. The maximum absolute atomic E-state index is 12.3. The van der Waals surface area contributed by atoms with Crippen LogP contribution in [-0.4, -0.2) is 31.7 Å². The molecule has 4 heteroatoms. The molecule has 1 atom stereocenters. The molecule has 1 amide bonds. The molecule has 1 unspecified atom stereocenters. The Kier molecular flexibility index (Phi) is 4.93. The van der Waals surface area contributed by atoms with E-state index in [0.29, 0.717) is 26.1 Å². The summed E-state index contributed by atoms with van der Waals surface area (Å²) >= 11 is 0. The molecule has 104 valence electrons. The van der Waals surface area contributed by atoms with Gasteiger partial charge in [-0.1, -0.05) is 18.2 Å². The molecule has 0 saturated carbocycles. The first-order valence-electron chi connectivity index (χ1n) is 6.96. The van der Waals surface area contributed by atoms with Crippen molar-refractivity contribution in [2.75, 3.05) is 24.6 Å². The summed E-state index contributed by atoms with van der Waals surface area (Å²) in [4.78, 5) is 14.1. The van der Waals surface area contributed by atoms with Crippen molar-refractivity contribution in [2.45, 2.75) is 32.3 Å². The summed E-state index contributed by atoms with van der Waals surface area (Å²) in [6.45, 7) is 3.53. The molecule has 2 rings (SSSR count). The Labute approximate surface area is 114 Å². The highest BCUT2D eigenvalue weighted by Gasteiger charge is 2.24. The van der Waals surface area contributed by atoms with Gasteiger partial charge in [-0.2, -0.15) is 0 Å². The van der Waals surface area contributed by atoms with Crippen LogP contribution in [0.1, 0.15) is 25.3 Å². The highest BCUT2D eigenvalue weighted by Crippen LogP contribution is 2.27. The quantitative estimate of drug-likeness (QED) is 0.879. The van der Waals surface area contributed by atoms with E-state index in [1.807, 2.05) is 30.0 Å². The minimum atomic E-state index is -0.0971. The molecule has 4 nitrogen and oxygen atoms in total. The topological polar surface area (TPSA) is 55.6 Å². The number of benzene rings is 1. The Hall–Kier alpha value is -1.39. The van der Waals surface area contributed by atoms with Crippen LogP contribution >= 0.6 is 0 Å². The van der Waals surface area contributed by atoms with E-state index >= 15 is 0 Å². The lowest BCUT2D eigenvalue weighted by atomic mass is 10.1. The number of para-hydroxylation sites is 1. The number of nitrogens with zero attached hydrogens (tertiary/aromatic N) is 1. The Bertz CT molecular complexity index is 434. The van der Waals surface area contributed by atoms with Gasteiger partial charge in [0.2, 0.25) is 5.91 Å². The fourth-order valence-electron chi connectivity index (χ4n) is 2.52. The fourth-order valence-corrected chi connectivity index (χ4v) is 2.52. The van der Waals surface area contributed by atoms with E-state index in [-0.39, 0.29) is 12.0 Å². The molecule has 2 N–H and O–H groups in total. The summed E-state index contributed by atoms with van der Waals surface area (Å²) in [5.41, 5.74) is 7.97. The van der Waals surface area contributed by atoms with Crippen molar-refractivity contribution in [1.29, 1.82) is 0 Å². The predicted octanol–water partition coefficient (Wildman–Crippen LogP) is 1.72. The molecule has 0 radical (unpaired) electrons. The van der Waals surface area contributed by atoms with Crippen molar-refractivity contribution < 1.29 is 9.53 Å². The average Bonchev–Trinajstić information content (AvgIpc) is 2.58. The van der Waals surface area contributed by atoms with Gasteiger partial charge in [0.05, 0.1) is 12.6 Å². The van der Waals surface area contributed by atoms with Crippen LogP contribution in [0.25, 0.3) is 0 Å². The van der Waals surface area contributed by atoms with Gasteiger partial charge < -0.3 is 15.4 Å². The highest BCUT2D eigenvalue weighted by molar-refractivity contribution is 5.94. The first kappa shape index (κ1) is 14.0. The number of aryl methyl sites for hydroxylation is 1. The van der Waals surface area contributed by atoms with Crippen molar-refractivity contribution in [3.63, 3.8) is 0 Å². The number of carbonyl (C=O) groups excluding carboxylic acids is 1. The molecule has 1 aromatic rings. The maximum Gasteiger partial charge on any atom is 0.227 e. The van der Waals surface area contributed by atoms with E-state index in [0.717, 1.165) is 18.5 Å². The summed E-state index contributed by atoms with van der Waals surface area (Å²) in [6, 6.07) is 8.11. The third kappa shape index (κ3) is 3.33. The number of amides is 1. The number of anilines is 1. The fraction of sp³-hybridized carbons (Fsp3) is 0.533. The standard InChI is InChI=1S/C15H22N2O2/c1-2-19-13(10-16)11-17-14-8-4-3-6-12(14)7-5-9-15(17)18/h3-4,6,8,13H,2,5,7,9-11,16H2,1H3. The van der Waals surface area contributed by atoms with E-state index in [2.05, 4.69) is 6.07 Å². The van der Waals surface area contributed by atoms with E-state index in [9.17, 15) is 4.79 Å². The summed E-state index contributed by atoms with van der Waals surface area (Å²) in [5.74, 6) is 0.170. The minimum Gasteiger partial charge on any atom is -0.375 e. The van der Waals surface area contributed by atoms with Crippen LogP contribution in [-0.2, 0) is 16.0 Å². The molecule has 0 fully saturated rings. The number of rotatable bonds is 5. The predicted molar refractivity (Wildman–Crippen MR) is 76.2 cm³/mol. The minimum absolute atomic E-state index is 0.0971. The highest BCUT2D eigenvalue weighted by atomic mass is 16.5. The Morgan fingerprint density at radius 1 is 1.37 bits per heavy atom. The van der Waals surface area contributed by atoms with Crippen molar-refractivity contribution in [3.05, 3.63) is 29.8 Å². The Morgan fingerprint density at radius 2 is 2.16 bits per heavy atom. The Balaban J connectivity index is 2.23. The summed E-state index contributed by atoms with van der Waals surface area (Å²) < 4.78 is 5.58.